The molecule has 0 amide bonds. The first-order chi connectivity index (χ1) is 10.3. The Morgan fingerprint density at radius 2 is 1.32 bits per heavy atom. The quantitative estimate of drug-likeness (QED) is 0.512. The summed E-state index contributed by atoms with van der Waals surface area (Å²) in [5.41, 5.74) is 5.05. The van der Waals surface area contributed by atoms with Crippen molar-refractivity contribution in [3.8, 4) is 0 Å². The van der Waals surface area contributed by atoms with Gasteiger partial charge in [0.25, 0.3) is 0 Å². The number of hydrogen-bond acceptors (Lipinski definition) is 1. The first-order valence-electron chi connectivity index (χ1n) is 9.12. The topological polar surface area (TPSA) is 17.1 Å². The van der Waals surface area contributed by atoms with Crippen LogP contribution in [0.3, 0.4) is 0 Å². The molecule has 22 heavy (non-hydrogen) atoms. The van der Waals surface area contributed by atoms with Crippen LogP contribution in [0.2, 0.25) is 47.7 Å². The van der Waals surface area contributed by atoms with Crippen LogP contribution in [-0.4, -0.2) is 5.78 Å². The van der Waals surface area contributed by atoms with Gasteiger partial charge in [-0.2, -0.15) is 0 Å². The number of aryl methyl sites for hydroxylation is 3. The van der Waals surface area contributed by atoms with Gasteiger partial charge in [-0.15, -0.1) is 0 Å². The van der Waals surface area contributed by atoms with E-state index in [2.05, 4.69) is 32.9 Å². The van der Waals surface area contributed by atoms with Crippen LogP contribution in [0.15, 0.2) is 12.1 Å². The van der Waals surface area contributed by atoms with E-state index in [1.54, 1.807) is 0 Å². The van der Waals surface area contributed by atoms with Gasteiger partial charge in [0, 0.05) is 0 Å². The fourth-order valence-electron chi connectivity index (χ4n) is 18.5. The fraction of sp³-hybridized carbons (Fsp3) is 0.650. The van der Waals surface area contributed by atoms with Crippen molar-refractivity contribution in [2.45, 2.75) is 68.4 Å². The molecule has 10 heterocycles. The molecule has 1 nitrogen and oxygen atoms in total. The fourth-order valence-corrected chi connectivity index (χ4v) is 92.3. The summed E-state index contributed by atoms with van der Waals surface area (Å²) >= 11 is 0. The predicted octanol–water partition coefficient (Wildman–Crippen LogP) is 5.55. The van der Waals surface area contributed by atoms with Crippen LogP contribution in [-0.2, 0) is 6.51 Å². The van der Waals surface area contributed by atoms with Crippen molar-refractivity contribution in [3.05, 3.63) is 34.4 Å². The second-order valence-electron chi connectivity index (χ2n) is 12.8. The molecule has 10 fully saturated rings. The SMILES string of the molecule is Cc1cc(C)c(C(=O)[C]23[CH]4[CH]5[CH]6[CH]2[Fe]56432789[CH]3[CH]2[CH]7[CH]8[CH]39)c(C)c1. The number of hydrogen-bond donors (Lipinski definition) is 0. The molecular weight excluding hydrogens is 312 g/mol. The van der Waals surface area contributed by atoms with Crippen LogP contribution < -0.4 is 0 Å². The first-order valence-corrected chi connectivity index (χ1v) is 15.4. The number of rotatable bonds is 2. The number of carbonyl (C=O) groups is 1. The van der Waals surface area contributed by atoms with Gasteiger partial charge in [-0.1, -0.05) is 0 Å². The second-order valence-corrected chi connectivity index (χ2v) is 36.3. The molecule has 1 spiro atoms. The molecule has 11 rings (SSSR count). The Kier molecular flexibility index (Phi) is 0.354. The summed E-state index contributed by atoms with van der Waals surface area (Å²) in [5, 5.41) is 0. The van der Waals surface area contributed by atoms with Gasteiger partial charge in [0.15, 0.2) is 0 Å². The Morgan fingerprint density at radius 3 is 1.64 bits per heavy atom. The Morgan fingerprint density at radius 1 is 0.864 bits per heavy atom. The zero-order chi connectivity index (χ0) is 14.3. The summed E-state index contributed by atoms with van der Waals surface area (Å²) < 4.78 is 0.393. The molecule has 10 saturated heterocycles. The van der Waals surface area contributed by atoms with Gasteiger partial charge >= 0.3 is 120 Å². The molecule has 0 bridgehead atoms. The molecule has 0 aromatic heterocycles. The monoisotopic (exact) mass is 332 g/mol. The molecular formula is C20H20FeO. The first kappa shape index (κ1) is 9.04. The molecule has 2 heteroatoms. The average molecular weight is 332 g/mol. The third-order valence-electron chi connectivity index (χ3n) is 16.9. The normalized spacial score (nSPS) is 94.6. The number of Topliss-reactive ketones (excluding diaryl/α,β-unsaturated/α-hetero) is 1. The van der Waals surface area contributed by atoms with Gasteiger partial charge in [-0.3, -0.25) is 0 Å². The molecule has 4 unspecified atom stereocenters. The van der Waals surface area contributed by atoms with Crippen LogP contribution in [0.1, 0.15) is 27.0 Å². The number of carbonyl (C=O) groups excluding carboxylic acids is 1. The molecule has 0 saturated carbocycles. The summed E-state index contributed by atoms with van der Waals surface area (Å²) in [6.07, 6.45) is 0. The third-order valence-corrected chi connectivity index (χ3v) is 59.2. The van der Waals surface area contributed by atoms with Crippen LogP contribution in [0.25, 0.3) is 0 Å². The van der Waals surface area contributed by atoms with Crippen molar-refractivity contribution in [1.82, 2.24) is 0 Å². The average Bonchev–Trinajstić information content (AvgIpc) is 3.39. The Balaban J connectivity index is 1.35. The summed E-state index contributed by atoms with van der Waals surface area (Å²) in [4.78, 5) is 24.9. The van der Waals surface area contributed by atoms with Crippen LogP contribution in [0.5, 0.6) is 0 Å². The molecule has 0 aliphatic carbocycles. The van der Waals surface area contributed by atoms with E-state index in [0.717, 1.165) is 9.63 Å². The van der Waals surface area contributed by atoms with Gasteiger partial charge in [-0.25, -0.2) is 0 Å². The van der Waals surface area contributed by atoms with E-state index in [0.29, 0.717) is 10.1 Å². The van der Waals surface area contributed by atoms with E-state index in [-0.39, 0.29) is 0 Å². The van der Waals surface area contributed by atoms with Crippen LogP contribution >= 0.6 is 0 Å². The maximum absolute atomic E-state index is 14.0. The summed E-state index contributed by atoms with van der Waals surface area (Å²) in [5.74, 6) is 0.717. The number of ketones is 1. The van der Waals surface area contributed by atoms with E-state index in [1.807, 2.05) is 0 Å². The van der Waals surface area contributed by atoms with E-state index in [4.69, 9.17) is 0 Å². The van der Waals surface area contributed by atoms with E-state index in [9.17, 15) is 4.79 Å². The minimum atomic E-state index is -3.27. The third kappa shape index (κ3) is 0.116. The number of fused-ring (bicyclic) bond motifs is 10. The van der Waals surface area contributed by atoms with Crippen molar-refractivity contribution in [1.29, 1.82) is 0 Å². The molecule has 0 radical (unpaired) electrons. The van der Waals surface area contributed by atoms with Gasteiger partial charge < -0.3 is 0 Å². The van der Waals surface area contributed by atoms with E-state index < -0.39 is 6.51 Å². The van der Waals surface area contributed by atoms with Gasteiger partial charge in [0.1, 0.15) is 0 Å². The Labute approximate surface area is 120 Å². The van der Waals surface area contributed by atoms with E-state index in [1.165, 1.54) is 56.0 Å². The van der Waals surface area contributed by atoms with Crippen LogP contribution in [0.4, 0.5) is 0 Å². The van der Waals surface area contributed by atoms with Gasteiger partial charge in [-0.05, 0) is 0 Å². The predicted molar refractivity (Wildman–Crippen MR) is 81.4 cm³/mol. The molecule has 114 valence electrons. The van der Waals surface area contributed by atoms with Crippen molar-refractivity contribution >= 4 is 5.78 Å². The summed E-state index contributed by atoms with van der Waals surface area (Å²) in [7, 11) is 0. The van der Waals surface area contributed by atoms with Crippen molar-refractivity contribution in [2.75, 3.05) is 0 Å². The Bertz CT molecular complexity index is 1250. The van der Waals surface area contributed by atoms with Crippen molar-refractivity contribution in [3.63, 3.8) is 0 Å². The molecule has 0 N–H and O–H groups in total. The minimum absolute atomic E-state index is 0.393. The molecule has 1 aromatic carbocycles. The Hall–Kier alpha value is -0.591. The zero-order valence-electron chi connectivity index (χ0n) is 13.1. The van der Waals surface area contributed by atoms with Gasteiger partial charge in [0.2, 0.25) is 0 Å². The summed E-state index contributed by atoms with van der Waals surface area (Å²) in [6.45, 7) is 3.28. The summed E-state index contributed by atoms with van der Waals surface area (Å²) in [6, 6.07) is 4.51. The second kappa shape index (κ2) is 0.863. The number of benzene rings is 1. The standard InChI is InChI=1S/C15H15O.C5H5.Fe/c1-10-8-11(2)14(12(3)9-10)15(16)13-6-4-5-7-13;1-2-4-5-3-1;/h4-9H,1-3H3;1-5H;. The molecule has 1 aromatic rings. The van der Waals surface area contributed by atoms with Crippen molar-refractivity contribution < 1.29 is 11.3 Å². The molecule has 4 atom stereocenters. The maximum atomic E-state index is 14.0. The van der Waals surface area contributed by atoms with Crippen molar-refractivity contribution in [2.24, 2.45) is 0 Å². The van der Waals surface area contributed by atoms with Crippen LogP contribution in [0, 0.1) is 20.8 Å². The molecule has 10 aliphatic heterocycles. The molecule has 10 aliphatic rings. The van der Waals surface area contributed by atoms with Gasteiger partial charge in [0.05, 0.1) is 0 Å². The zero-order valence-corrected chi connectivity index (χ0v) is 14.2. The van der Waals surface area contributed by atoms with E-state index >= 15 is 0 Å².